The third kappa shape index (κ3) is 1.98. The first-order valence-electron chi connectivity index (χ1n) is 6.65. The molecule has 2 nitrogen and oxygen atoms in total. The fourth-order valence-corrected chi connectivity index (χ4v) is 3.13. The fourth-order valence-electron chi connectivity index (χ4n) is 3.13. The molecule has 0 bridgehead atoms. The number of fused-ring (bicyclic) bond motifs is 1. The molecule has 0 saturated heterocycles. The van der Waals surface area contributed by atoms with Crippen LogP contribution < -0.4 is 5.73 Å². The molecule has 2 N–H and O–H groups in total. The van der Waals surface area contributed by atoms with Gasteiger partial charge in [0.05, 0.1) is 5.52 Å². The molecule has 2 aromatic rings. The van der Waals surface area contributed by atoms with Crippen molar-refractivity contribution in [2.24, 2.45) is 11.7 Å². The lowest BCUT2D eigenvalue weighted by atomic mass is 10.1. The van der Waals surface area contributed by atoms with Crippen molar-refractivity contribution in [3.63, 3.8) is 0 Å². The van der Waals surface area contributed by atoms with Gasteiger partial charge < -0.3 is 10.3 Å². The maximum atomic E-state index is 5.84. The quantitative estimate of drug-likeness (QED) is 0.858. The van der Waals surface area contributed by atoms with Crippen molar-refractivity contribution in [2.75, 3.05) is 0 Å². The van der Waals surface area contributed by atoms with E-state index in [-0.39, 0.29) is 0 Å². The van der Waals surface area contributed by atoms with Crippen molar-refractivity contribution >= 4 is 10.9 Å². The minimum atomic E-state index is 0.631. The molecule has 17 heavy (non-hydrogen) atoms. The number of aromatic nitrogens is 1. The van der Waals surface area contributed by atoms with Gasteiger partial charge in [0.1, 0.15) is 0 Å². The van der Waals surface area contributed by atoms with E-state index in [1.807, 2.05) is 0 Å². The first-order chi connectivity index (χ1) is 8.38. The van der Waals surface area contributed by atoms with E-state index in [0.717, 1.165) is 5.92 Å². The molecule has 1 aromatic heterocycles. The smallest absolute Gasteiger partial charge is 0.0525 e. The maximum absolute atomic E-state index is 5.84. The molecule has 1 aliphatic carbocycles. The molecule has 0 aliphatic heterocycles. The van der Waals surface area contributed by atoms with Crippen molar-refractivity contribution in [1.82, 2.24) is 4.57 Å². The summed E-state index contributed by atoms with van der Waals surface area (Å²) < 4.78 is 2.41. The largest absolute Gasteiger partial charge is 0.347 e. The van der Waals surface area contributed by atoms with Crippen LogP contribution in [-0.4, -0.2) is 4.57 Å². The van der Waals surface area contributed by atoms with Gasteiger partial charge in [-0.25, -0.2) is 0 Å². The topological polar surface area (TPSA) is 30.9 Å². The van der Waals surface area contributed by atoms with Crippen LogP contribution in [0.2, 0.25) is 0 Å². The Labute approximate surface area is 102 Å². The number of para-hydroxylation sites is 1. The summed E-state index contributed by atoms with van der Waals surface area (Å²) in [5.74, 6) is 0.872. The van der Waals surface area contributed by atoms with Crippen molar-refractivity contribution in [2.45, 2.75) is 38.8 Å². The molecule has 0 radical (unpaired) electrons. The van der Waals surface area contributed by atoms with E-state index in [1.54, 1.807) is 0 Å². The van der Waals surface area contributed by atoms with E-state index >= 15 is 0 Å². The van der Waals surface area contributed by atoms with E-state index in [2.05, 4.69) is 35.0 Å². The summed E-state index contributed by atoms with van der Waals surface area (Å²) in [5.41, 5.74) is 8.46. The zero-order valence-corrected chi connectivity index (χ0v) is 10.2. The number of hydrogen-bond acceptors (Lipinski definition) is 1. The molecule has 3 rings (SSSR count). The molecule has 1 saturated carbocycles. The Hall–Kier alpha value is -1.28. The first-order valence-corrected chi connectivity index (χ1v) is 6.65. The molecular weight excluding hydrogens is 208 g/mol. The average molecular weight is 228 g/mol. The van der Waals surface area contributed by atoms with Crippen LogP contribution in [-0.2, 0) is 13.1 Å². The zero-order chi connectivity index (χ0) is 11.7. The molecular formula is C15H20N2. The Morgan fingerprint density at radius 3 is 2.76 bits per heavy atom. The summed E-state index contributed by atoms with van der Waals surface area (Å²) in [5, 5.41) is 1.32. The van der Waals surface area contributed by atoms with Gasteiger partial charge in [0, 0.05) is 19.3 Å². The number of nitrogens with two attached hydrogens (primary N) is 1. The average Bonchev–Trinajstić information content (AvgIpc) is 2.99. The van der Waals surface area contributed by atoms with Gasteiger partial charge in [-0.1, -0.05) is 31.0 Å². The number of nitrogens with zero attached hydrogens (tertiary/aromatic N) is 1. The van der Waals surface area contributed by atoms with Gasteiger partial charge in [0.15, 0.2) is 0 Å². The Morgan fingerprint density at radius 1 is 1.18 bits per heavy atom. The zero-order valence-electron chi connectivity index (χ0n) is 10.2. The SMILES string of the molecule is NCc1cccc2ccn(CC3CCCC3)c12. The highest BCUT2D eigenvalue weighted by atomic mass is 15.0. The van der Waals surface area contributed by atoms with E-state index in [1.165, 1.54) is 48.7 Å². The lowest BCUT2D eigenvalue weighted by Gasteiger charge is -2.13. The third-order valence-electron chi connectivity index (χ3n) is 4.02. The van der Waals surface area contributed by atoms with E-state index in [4.69, 9.17) is 5.73 Å². The lowest BCUT2D eigenvalue weighted by Crippen LogP contribution is -2.08. The van der Waals surface area contributed by atoms with Crippen molar-refractivity contribution in [3.8, 4) is 0 Å². The number of rotatable bonds is 3. The standard InChI is InChI=1S/C15H20N2/c16-10-14-7-3-6-13-8-9-17(15(13)14)11-12-4-1-2-5-12/h3,6-9,12H,1-2,4-5,10-11,16H2. The Balaban J connectivity index is 1.98. The molecule has 0 atom stereocenters. The Morgan fingerprint density at radius 2 is 2.00 bits per heavy atom. The minimum Gasteiger partial charge on any atom is -0.347 e. The van der Waals surface area contributed by atoms with Crippen LogP contribution in [0.5, 0.6) is 0 Å². The second-order valence-electron chi connectivity index (χ2n) is 5.18. The molecule has 1 heterocycles. The van der Waals surface area contributed by atoms with Crippen LogP contribution in [0.4, 0.5) is 0 Å². The number of hydrogen-bond donors (Lipinski definition) is 1. The maximum Gasteiger partial charge on any atom is 0.0525 e. The summed E-state index contributed by atoms with van der Waals surface area (Å²) in [7, 11) is 0. The Bertz CT molecular complexity index is 507. The van der Waals surface area contributed by atoms with Gasteiger partial charge in [0.2, 0.25) is 0 Å². The van der Waals surface area contributed by atoms with Gasteiger partial charge in [-0.05, 0) is 35.8 Å². The van der Waals surface area contributed by atoms with Gasteiger partial charge in [-0.2, -0.15) is 0 Å². The van der Waals surface area contributed by atoms with Gasteiger partial charge in [0.25, 0.3) is 0 Å². The highest BCUT2D eigenvalue weighted by Crippen LogP contribution is 2.28. The van der Waals surface area contributed by atoms with E-state index in [0.29, 0.717) is 6.54 Å². The van der Waals surface area contributed by atoms with E-state index in [9.17, 15) is 0 Å². The van der Waals surface area contributed by atoms with E-state index < -0.39 is 0 Å². The first kappa shape index (κ1) is 10.8. The van der Waals surface area contributed by atoms with Crippen molar-refractivity contribution in [3.05, 3.63) is 36.0 Å². The third-order valence-corrected chi connectivity index (χ3v) is 4.02. The van der Waals surface area contributed by atoms with Gasteiger partial charge in [-0.3, -0.25) is 0 Å². The van der Waals surface area contributed by atoms with Crippen LogP contribution in [0.1, 0.15) is 31.2 Å². The summed E-state index contributed by atoms with van der Waals surface area (Å²) >= 11 is 0. The summed E-state index contributed by atoms with van der Waals surface area (Å²) in [6.45, 7) is 1.80. The lowest BCUT2D eigenvalue weighted by molar-refractivity contribution is 0.465. The highest BCUT2D eigenvalue weighted by molar-refractivity contribution is 5.83. The fraction of sp³-hybridized carbons (Fsp3) is 0.467. The highest BCUT2D eigenvalue weighted by Gasteiger charge is 2.16. The second-order valence-corrected chi connectivity index (χ2v) is 5.18. The van der Waals surface area contributed by atoms with Gasteiger partial charge >= 0.3 is 0 Å². The molecule has 1 fully saturated rings. The molecule has 0 amide bonds. The van der Waals surface area contributed by atoms with Gasteiger partial charge in [-0.15, -0.1) is 0 Å². The number of benzene rings is 1. The van der Waals surface area contributed by atoms with Crippen LogP contribution in [0.3, 0.4) is 0 Å². The molecule has 0 unspecified atom stereocenters. The summed E-state index contributed by atoms with van der Waals surface area (Å²) in [4.78, 5) is 0. The predicted octanol–water partition coefficient (Wildman–Crippen LogP) is 3.29. The minimum absolute atomic E-state index is 0.631. The van der Waals surface area contributed by atoms with Crippen molar-refractivity contribution in [1.29, 1.82) is 0 Å². The molecule has 1 aromatic carbocycles. The molecule has 1 aliphatic rings. The summed E-state index contributed by atoms with van der Waals surface area (Å²) in [6, 6.07) is 8.64. The normalized spacial score (nSPS) is 17.0. The predicted molar refractivity (Wildman–Crippen MR) is 71.8 cm³/mol. The molecule has 2 heteroatoms. The van der Waals surface area contributed by atoms with Crippen LogP contribution in [0.15, 0.2) is 30.5 Å². The summed E-state index contributed by atoms with van der Waals surface area (Å²) in [6.07, 6.45) is 7.83. The molecule has 90 valence electrons. The van der Waals surface area contributed by atoms with Crippen LogP contribution in [0.25, 0.3) is 10.9 Å². The molecule has 0 spiro atoms. The van der Waals surface area contributed by atoms with Crippen LogP contribution >= 0.6 is 0 Å². The second kappa shape index (κ2) is 4.53. The monoisotopic (exact) mass is 228 g/mol. The Kier molecular flexibility index (Phi) is 2.89. The van der Waals surface area contributed by atoms with Crippen molar-refractivity contribution < 1.29 is 0 Å². The van der Waals surface area contributed by atoms with Crippen LogP contribution in [0, 0.1) is 5.92 Å².